The number of ether oxygens (including phenoxy) is 1. The van der Waals surface area contributed by atoms with Crippen molar-refractivity contribution >= 4 is 11.4 Å². The Labute approximate surface area is 114 Å². The molecule has 2 rings (SSSR count). The number of aryl methyl sites for hydroxylation is 1. The van der Waals surface area contributed by atoms with Crippen LogP contribution in [0.4, 0.5) is 24.5 Å². The number of aromatic nitrogens is 1. The molecule has 0 fully saturated rings. The average Bonchev–Trinajstić information content (AvgIpc) is 2.40. The molecule has 106 valence electrons. The van der Waals surface area contributed by atoms with Crippen molar-refractivity contribution < 1.29 is 17.9 Å². The monoisotopic (exact) mass is 282 g/mol. The highest BCUT2D eigenvalue weighted by Crippen LogP contribution is 2.37. The predicted octanol–water partition coefficient (Wildman–Crippen LogP) is 4.16. The zero-order chi connectivity index (χ0) is 14.8. The standard InChI is InChI=1S/C14H13F3N2O/c1-9-3-4-11(8-18-9)19-10-5-6-12(14(15,16)17)13(7-10)20-2/h3-8,19H,1-2H3. The second-order valence-electron chi connectivity index (χ2n) is 4.23. The molecule has 20 heavy (non-hydrogen) atoms. The van der Waals surface area contributed by atoms with Crippen LogP contribution in [0.25, 0.3) is 0 Å². The third kappa shape index (κ3) is 3.20. The average molecular weight is 282 g/mol. The lowest BCUT2D eigenvalue weighted by atomic mass is 10.1. The molecule has 0 aliphatic carbocycles. The third-order valence-corrected chi connectivity index (χ3v) is 2.71. The molecule has 1 N–H and O–H groups in total. The van der Waals surface area contributed by atoms with E-state index in [2.05, 4.69) is 10.3 Å². The molecule has 0 unspecified atom stereocenters. The Kier molecular flexibility index (Phi) is 3.83. The lowest BCUT2D eigenvalue weighted by Crippen LogP contribution is -2.07. The summed E-state index contributed by atoms with van der Waals surface area (Å²) in [5, 5.41) is 2.97. The van der Waals surface area contributed by atoms with E-state index in [9.17, 15) is 13.2 Å². The number of benzene rings is 1. The second kappa shape index (κ2) is 5.40. The van der Waals surface area contributed by atoms with E-state index in [-0.39, 0.29) is 5.75 Å². The molecule has 0 saturated carbocycles. The van der Waals surface area contributed by atoms with Gasteiger partial charge in [0.1, 0.15) is 5.75 Å². The number of rotatable bonds is 3. The lowest BCUT2D eigenvalue weighted by molar-refractivity contribution is -0.138. The molecule has 0 aliphatic heterocycles. The van der Waals surface area contributed by atoms with Gasteiger partial charge in [-0.05, 0) is 31.2 Å². The van der Waals surface area contributed by atoms with Crippen molar-refractivity contribution in [3.63, 3.8) is 0 Å². The van der Waals surface area contributed by atoms with Crippen LogP contribution < -0.4 is 10.1 Å². The van der Waals surface area contributed by atoms with E-state index in [1.54, 1.807) is 12.3 Å². The fourth-order valence-corrected chi connectivity index (χ4v) is 1.71. The molecule has 0 bridgehead atoms. The summed E-state index contributed by atoms with van der Waals surface area (Å²) >= 11 is 0. The fraction of sp³-hybridized carbons (Fsp3) is 0.214. The summed E-state index contributed by atoms with van der Waals surface area (Å²) in [6.07, 6.45) is -2.82. The highest BCUT2D eigenvalue weighted by atomic mass is 19.4. The molecular weight excluding hydrogens is 269 g/mol. The van der Waals surface area contributed by atoms with Gasteiger partial charge in [-0.25, -0.2) is 0 Å². The van der Waals surface area contributed by atoms with Crippen LogP contribution >= 0.6 is 0 Å². The first-order valence-corrected chi connectivity index (χ1v) is 5.85. The van der Waals surface area contributed by atoms with Crippen LogP contribution in [-0.4, -0.2) is 12.1 Å². The van der Waals surface area contributed by atoms with Crippen molar-refractivity contribution in [3.05, 3.63) is 47.8 Å². The minimum absolute atomic E-state index is 0.220. The van der Waals surface area contributed by atoms with E-state index in [1.165, 1.54) is 19.2 Å². The third-order valence-electron chi connectivity index (χ3n) is 2.71. The van der Waals surface area contributed by atoms with Crippen LogP contribution in [0.2, 0.25) is 0 Å². The summed E-state index contributed by atoms with van der Waals surface area (Å²) in [5.41, 5.74) is 1.26. The maximum atomic E-state index is 12.7. The second-order valence-corrected chi connectivity index (χ2v) is 4.23. The van der Waals surface area contributed by atoms with Crippen molar-refractivity contribution in [2.45, 2.75) is 13.1 Å². The van der Waals surface area contributed by atoms with Gasteiger partial charge >= 0.3 is 6.18 Å². The summed E-state index contributed by atoms with van der Waals surface area (Å²) in [6.45, 7) is 1.85. The molecule has 3 nitrogen and oxygen atoms in total. The van der Waals surface area contributed by atoms with Gasteiger partial charge < -0.3 is 10.1 Å². The van der Waals surface area contributed by atoms with E-state index in [4.69, 9.17) is 4.74 Å². The molecule has 0 saturated heterocycles. The lowest BCUT2D eigenvalue weighted by Gasteiger charge is -2.14. The molecule has 0 spiro atoms. The van der Waals surface area contributed by atoms with Crippen LogP contribution in [-0.2, 0) is 6.18 Å². The smallest absolute Gasteiger partial charge is 0.419 e. The summed E-state index contributed by atoms with van der Waals surface area (Å²) in [4.78, 5) is 4.10. The molecule has 0 radical (unpaired) electrons. The van der Waals surface area contributed by atoms with Crippen molar-refractivity contribution in [2.75, 3.05) is 12.4 Å². The SMILES string of the molecule is COc1cc(Nc2ccc(C)nc2)ccc1C(F)(F)F. The van der Waals surface area contributed by atoms with E-state index in [1.807, 2.05) is 13.0 Å². The molecule has 0 amide bonds. The van der Waals surface area contributed by atoms with Gasteiger partial charge in [0.15, 0.2) is 0 Å². The van der Waals surface area contributed by atoms with Gasteiger partial charge in [0.25, 0.3) is 0 Å². The number of nitrogens with zero attached hydrogens (tertiary/aromatic N) is 1. The minimum Gasteiger partial charge on any atom is -0.496 e. The van der Waals surface area contributed by atoms with Crippen molar-refractivity contribution in [2.24, 2.45) is 0 Å². The van der Waals surface area contributed by atoms with Crippen LogP contribution in [0, 0.1) is 6.92 Å². The first-order chi connectivity index (χ1) is 9.40. The van der Waals surface area contributed by atoms with E-state index < -0.39 is 11.7 Å². The topological polar surface area (TPSA) is 34.1 Å². The molecule has 2 aromatic rings. The number of nitrogens with one attached hydrogen (secondary N) is 1. The van der Waals surface area contributed by atoms with Gasteiger partial charge in [-0.3, -0.25) is 4.98 Å². The van der Waals surface area contributed by atoms with Crippen LogP contribution in [0.5, 0.6) is 5.75 Å². The predicted molar refractivity (Wildman–Crippen MR) is 70.3 cm³/mol. The molecule has 0 aliphatic rings. The molecule has 6 heteroatoms. The quantitative estimate of drug-likeness (QED) is 0.917. The van der Waals surface area contributed by atoms with Gasteiger partial charge in [-0.1, -0.05) is 0 Å². The van der Waals surface area contributed by atoms with Gasteiger partial charge in [-0.15, -0.1) is 0 Å². The number of anilines is 2. The molecule has 1 heterocycles. The van der Waals surface area contributed by atoms with Crippen molar-refractivity contribution in [1.29, 1.82) is 0 Å². The minimum atomic E-state index is -4.44. The van der Waals surface area contributed by atoms with Crippen molar-refractivity contribution in [3.8, 4) is 5.75 Å². The van der Waals surface area contributed by atoms with Crippen molar-refractivity contribution in [1.82, 2.24) is 4.98 Å². The summed E-state index contributed by atoms with van der Waals surface area (Å²) in [6, 6.07) is 7.26. The molecule has 0 atom stereocenters. The Morgan fingerprint density at radius 2 is 1.80 bits per heavy atom. The van der Waals surface area contributed by atoms with Gasteiger partial charge in [0.05, 0.1) is 24.6 Å². The first-order valence-electron chi connectivity index (χ1n) is 5.85. The molecule has 1 aromatic heterocycles. The number of methoxy groups -OCH3 is 1. The van der Waals surface area contributed by atoms with E-state index >= 15 is 0 Å². The Balaban J connectivity index is 2.28. The molecular formula is C14H13F3N2O. The highest BCUT2D eigenvalue weighted by Gasteiger charge is 2.34. The summed E-state index contributed by atoms with van der Waals surface area (Å²) in [7, 11) is 1.21. The van der Waals surface area contributed by atoms with Gasteiger partial charge in [0, 0.05) is 17.4 Å². The Bertz CT molecular complexity index is 594. The Hall–Kier alpha value is -2.24. The maximum Gasteiger partial charge on any atom is 0.419 e. The van der Waals surface area contributed by atoms with Crippen LogP contribution in [0.1, 0.15) is 11.3 Å². The number of hydrogen-bond donors (Lipinski definition) is 1. The van der Waals surface area contributed by atoms with E-state index in [0.717, 1.165) is 11.8 Å². The summed E-state index contributed by atoms with van der Waals surface area (Å²) in [5.74, 6) is -0.220. The van der Waals surface area contributed by atoms with Gasteiger partial charge in [0.2, 0.25) is 0 Å². The number of alkyl halides is 3. The van der Waals surface area contributed by atoms with Gasteiger partial charge in [-0.2, -0.15) is 13.2 Å². The zero-order valence-electron chi connectivity index (χ0n) is 11.0. The highest BCUT2D eigenvalue weighted by molar-refractivity contribution is 5.62. The van der Waals surface area contributed by atoms with Crippen LogP contribution in [0.15, 0.2) is 36.5 Å². The number of hydrogen-bond acceptors (Lipinski definition) is 3. The van der Waals surface area contributed by atoms with E-state index in [0.29, 0.717) is 11.4 Å². The zero-order valence-corrected chi connectivity index (χ0v) is 11.0. The summed E-state index contributed by atoms with van der Waals surface area (Å²) < 4.78 is 43.0. The number of halogens is 3. The first kappa shape index (κ1) is 14.2. The Morgan fingerprint density at radius 1 is 1.10 bits per heavy atom. The maximum absolute atomic E-state index is 12.7. The molecule has 1 aromatic carbocycles. The number of pyridine rings is 1. The largest absolute Gasteiger partial charge is 0.496 e. The van der Waals surface area contributed by atoms with Crippen LogP contribution in [0.3, 0.4) is 0 Å². The fourth-order valence-electron chi connectivity index (χ4n) is 1.71. The Morgan fingerprint density at radius 3 is 2.35 bits per heavy atom. The normalized spacial score (nSPS) is 11.2.